The second-order valence-corrected chi connectivity index (χ2v) is 3.94. The zero-order valence-corrected chi connectivity index (χ0v) is 9.33. The molecule has 0 aliphatic carbocycles. The normalized spacial score (nSPS) is 13.1. The van der Waals surface area contributed by atoms with Crippen molar-refractivity contribution >= 4 is 0 Å². The Bertz CT molecular complexity index is 244. The average Bonchev–Trinajstić information content (AvgIpc) is 2.19. The Morgan fingerprint density at radius 3 is 2.43 bits per heavy atom. The summed E-state index contributed by atoms with van der Waals surface area (Å²) in [5.41, 5.74) is 1.39. The Hall–Kier alpha value is -0.890. The van der Waals surface area contributed by atoms with Crippen molar-refractivity contribution in [1.82, 2.24) is 10.3 Å². The fourth-order valence-electron chi connectivity index (χ4n) is 1.65. The largest absolute Gasteiger partial charge is 0.316 e. The Kier molecular flexibility index (Phi) is 4.60. The van der Waals surface area contributed by atoms with Gasteiger partial charge in [-0.3, -0.25) is 4.98 Å². The minimum Gasteiger partial charge on any atom is -0.316 e. The van der Waals surface area contributed by atoms with Gasteiger partial charge in [0.05, 0.1) is 0 Å². The van der Waals surface area contributed by atoms with Crippen molar-refractivity contribution in [2.45, 2.75) is 26.7 Å². The Labute approximate surface area is 86.8 Å². The number of rotatable bonds is 5. The molecule has 1 heterocycles. The first kappa shape index (κ1) is 11.2. The third-order valence-electron chi connectivity index (χ3n) is 2.55. The number of nitrogens with one attached hydrogen (secondary N) is 1. The van der Waals surface area contributed by atoms with Gasteiger partial charge < -0.3 is 5.32 Å². The molecule has 78 valence electrons. The van der Waals surface area contributed by atoms with E-state index < -0.39 is 0 Å². The molecule has 0 bridgehead atoms. The first-order chi connectivity index (χ1) is 6.75. The quantitative estimate of drug-likeness (QED) is 0.775. The van der Waals surface area contributed by atoms with Gasteiger partial charge in [-0.1, -0.05) is 20.8 Å². The van der Waals surface area contributed by atoms with Gasteiger partial charge in [0.1, 0.15) is 0 Å². The molecule has 1 aromatic rings. The standard InChI is InChI=1S/C12H20N2/c1-4-13-9-12(10(2)3)11-5-7-14-8-6-11/h5-8,10,12-13H,4,9H2,1-3H3. The van der Waals surface area contributed by atoms with Crippen LogP contribution in [-0.2, 0) is 0 Å². The second kappa shape index (κ2) is 5.76. The summed E-state index contributed by atoms with van der Waals surface area (Å²) in [5.74, 6) is 1.26. The maximum absolute atomic E-state index is 4.05. The molecule has 0 saturated heterocycles. The number of hydrogen-bond acceptors (Lipinski definition) is 2. The molecular formula is C12H20N2. The molecule has 0 aromatic carbocycles. The fourth-order valence-corrected chi connectivity index (χ4v) is 1.65. The topological polar surface area (TPSA) is 24.9 Å². The molecule has 1 aromatic heterocycles. The van der Waals surface area contributed by atoms with Crippen molar-refractivity contribution in [3.05, 3.63) is 30.1 Å². The molecule has 0 aliphatic heterocycles. The average molecular weight is 192 g/mol. The van der Waals surface area contributed by atoms with Crippen LogP contribution in [0.5, 0.6) is 0 Å². The Balaban J connectivity index is 2.68. The van der Waals surface area contributed by atoms with Crippen LogP contribution in [-0.4, -0.2) is 18.1 Å². The van der Waals surface area contributed by atoms with Crippen molar-refractivity contribution in [3.63, 3.8) is 0 Å². The van der Waals surface area contributed by atoms with Gasteiger partial charge in [-0.25, -0.2) is 0 Å². The SMILES string of the molecule is CCNCC(c1ccncc1)C(C)C. The van der Waals surface area contributed by atoms with Crippen LogP contribution in [0.15, 0.2) is 24.5 Å². The summed E-state index contributed by atoms with van der Waals surface area (Å²) in [5, 5.41) is 3.41. The predicted octanol–water partition coefficient (Wildman–Crippen LogP) is 2.43. The zero-order valence-electron chi connectivity index (χ0n) is 9.33. The summed E-state index contributed by atoms with van der Waals surface area (Å²) in [6.45, 7) is 8.77. The van der Waals surface area contributed by atoms with Crippen molar-refractivity contribution in [1.29, 1.82) is 0 Å². The number of aromatic nitrogens is 1. The van der Waals surface area contributed by atoms with Gasteiger partial charge in [0.2, 0.25) is 0 Å². The lowest BCUT2D eigenvalue weighted by Gasteiger charge is -2.21. The highest BCUT2D eigenvalue weighted by molar-refractivity contribution is 5.16. The van der Waals surface area contributed by atoms with E-state index in [2.05, 4.69) is 43.2 Å². The molecule has 2 nitrogen and oxygen atoms in total. The van der Waals surface area contributed by atoms with Gasteiger partial charge in [0.15, 0.2) is 0 Å². The predicted molar refractivity (Wildman–Crippen MR) is 60.4 cm³/mol. The number of nitrogens with zero attached hydrogens (tertiary/aromatic N) is 1. The summed E-state index contributed by atoms with van der Waals surface area (Å²) >= 11 is 0. The molecule has 0 fully saturated rings. The zero-order chi connectivity index (χ0) is 10.4. The lowest BCUT2D eigenvalue weighted by atomic mass is 9.89. The maximum Gasteiger partial charge on any atom is 0.0270 e. The Morgan fingerprint density at radius 2 is 1.93 bits per heavy atom. The molecule has 0 aliphatic rings. The van der Waals surface area contributed by atoms with Crippen LogP contribution in [0.25, 0.3) is 0 Å². The summed E-state index contributed by atoms with van der Waals surface area (Å²) in [4.78, 5) is 4.05. The van der Waals surface area contributed by atoms with Gasteiger partial charge in [0.25, 0.3) is 0 Å². The van der Waals surface area contributed by atoms with Crippen molar-refractivity contribution in [2.24, 2.45) is 5.92 Å². The van der Waals surface area contributed by atoms with Crippen LogP contribution < -0.4 is 5.32 Å². The molecule has 0 amide bonds. The molecule has 0 radical (unpaired) electrons. The first-order valence-corrected chi connectivity index (χ1v) is 5.36. The minimum atomic E-state index is 0.595. The van der Waals surface area contributed by atoms with E-state index >= 15 is 0 Å². The second-order valence-electron chi connectivity index (χ2n) is 3.94. The summed E-state index contributed by atoms with van der Waals surface area (Å²) in [7, 11) is 0. The van der Waals surface area contributed by atoms with Crippen molar-refractivity contribution in [3.8, 4) is 0 Å². The van der Waals surface area contributed by atoms with Crippen molar-refractivity contribution < 1.29 is 0 Å². The van der Waals surface area contributed by atoms with E-state index in [1.54, 1.807) is 0 Å². The highest BCUT2D eigenvalue weighted by Crippen LogP contribution is 2.22. The van der Waals surface area contributed by atoms with Gasteiger partial charge in [-0.05, 0) is 36.1 Å². The smallest absolute Gasteiger partial charge is 0.0270 e. The number of pyridine rings is 1. The van der Waals surface area contributed by atoms with Crippen LogP contribution in [0.3, 0.4) is 0 Å². The van der Waals surface area contributed by atoms with E-state index in [0.29, 0.717) is 11.8 Å². The molecule has 0 saturated carbocycles. The van der Waals surface area contributed by atoms with E-state index in [4.69, 9.17) is 0 Å². The van der Waals surface area contributed by atoms with E-state index in [9.17, 15) is 0 Å². The number of likely N-dealkylation sites (N-methyl/N-ethyl adjacent to an activating group) is 1. The van der Waals surface area contributed by atoms with E-state index in [1.165, 1.54) is 5.56 Å². The van der Waals surface area contributed by atoms with Crippen LogP contribution in [0, 0.1) is 5.92 Å². The van der Waals surface area contributed by atoms with Gasteiger partial charge in [-0.2, -0.15) is 0 Å². The molecule has 0 spiro atoms. The maximum atomic E-state index is 4.05. The lowest BCUT2D eigenvalue weighted by molar-refractivity contribution is 0.467. The van der Waals surface area contributed by atoms with Crippen LogP contribution in [0.1, 0.15) is 32.3 Å². The molecule has 1 atom stereocenters. The highest BCUT2D eigenvalue weighted by atomic mass is 14.8. The third kappa shape index (κ3) is 3.11. The highest BCUT2D eigenvalue weighted by Gasteiger charge is 2.14. The fraction of sp³-hybridized carbons (Fsp3) is 0.583. The van der Waals surface area contributed by atoms with Gasteiger partial charge in [-0.15, -0.1) is 0 Å². The van der Waals surface area contributed by atoms with E-state index in [0.717, 1.165) is 13.1 Å². The van der Waals surface area contributed by atoms with Crippen LogP contribution >= 0.6 is 0 Å². The first-order valence-electron chi connectivity index (χ1n) is 5.36. The summed E-state index contributed by atoms with van der Waals surface area (Å²) in [6, 6.07) is 4.23. The minimum absolute atomic E-state index is 0.595. The van der Waals surface area contributed by atoms with E-state index in [1.807, 2.05) is 12.4 Å². The molecule has 14 heavy (non-hydrogen) atoms. The molecule has 2 heteroatoms. The molecule has 1 rings (SSSR count). The molecular weight excluding hydrogens is 172 g/mol. The summed E-state index contributed by atoms with van der Waals surface area (Å²) < 4.78 is 0. The summed E-state index contributed by atoms with van der Waals surface area (Å²) in [6.07, 6.45) is 3.74. The lowest BCUT2D eigenvalue weighted by Crippen LogP contribution is -2.24. The Morgan fingerprint density at radius 1 is 1.29 bits per heavy atom. The van der Waals surface area contributed by atoms with Gasteiger partial charge in [0, 0.05) is 18.9 Å². The monoisotopic (exact) mass is 192 g/mol. The van der Waals surface area contributed by atoms with Crippen molar-refractivity contribution in [2.75, 3.05) is 13.1 Å². The number of hydrogen-bond donors (Lipinski definition) is 1. The molecule has 1 N–H and O–H groups in total. The van der Waals surface area contributed by atoms with Crippen LogP contribution in [0.4, 0.5) is 0 Å². The van der Waals surface area contributed by atoms with Gasteiger partial charge >= 0.3 is 0 Å². The van der Waals surface area contributed by atoms with Crippen LogP contribution in [0.2, 0.25) is 0 Å². The molecule has 1 unspecified atom stereocenters. The third-order valence-corrected chi connectivity index (χ3v) is 2.55. The van der Waals surface area contributed by atoms with E-state index in [-0.39, 0.29) is 0 Å².